The van der Waals surface area contributed by atoms with E-state index in [1.54, 1.807) is 18.2 Å². The Bertz CT molecular complexity index is 478. The van der Waals surface area contributed by atoms with Gasteiger partial charge in [-0.15, -0.1) is 0 Å². The van der Waals surface area contributed by atoms with E-state index in [1.165, 1.54) is 0 Å². The molecule has 2 unspecified atom stereocenters. The zero-order chi connectivity index (χ0) is 14.0. The summed E-state index contributed by atoms with van der Waals surface area (Å²) in [6.45, 7) is 3.67. The molecule has 0 spiro atoms. The Balaban J connectivity index is 2.39. The Labute approximate surface area is 118 Å². The summed E-state index contributed by atoms with van der Waals surface area (Å²) in [5.74, 6) is 0.224. The van der Waals surface area contributed by atoms with Crippen LogP contribution in [0.5, 0.6) is 0 Å². The number of halogens is 1. The molecule has 19 heavy (non-hydrogen) atoms. The molecule has 2 rings (SSSR count). The molecule has 1 fully saturated rings. The molecule has 4 N–H and O–H groups in total. The lowest BCUT2D eigenvalue weighted by Crippen LogP contribution is -2.47. The quantitative estimate of drug-likeness (QED) is 0.890. The Morgan fingerprint density at radius 2 is 2.26 bits per heavy atom. The molecular weight excluding hydrogens is 262 g/mol. The number of carbonyl (C=O) groups excluding carboxylic acids is 1. The topological polar surface area (TPSA) is 72.3 Å². The molecule has 1 aliphatic heterocycles. The van der Waals surface area contributed by atoms with Gasteiger partial charge in [-0.2, -0.15) is 0 Å². The Kier molecular flexibility index (Phi) is 4.32. The van der Waals surface area contributed by atoms with E-state index < -0.39 is 5.91 Å². The van der Waals surface area contributed by atoms with Crippen LogP contribution in [0.1, 0.15) is 30.1 Å². The van der Waals surface area contributed by atoms with E-state index in [4.69, 9.17) is 23.1 Å². The Morgan fingerprint density at radius 1 is 1.53 bits per heavy atom. The number of primary amides is 1. The molecule has 104 valence electrons. The standard InChI is InChI=1S/C14H20ClN3O/c1-9-4-5-18(11(6-9)8-16)13-7-10(15)2-3-12(13)14(17)19/h2-3,7,9,11H,4-6,8,16H2,1H3,(H2,17,19). The fourth-order valence-electron chi connectivity index (χ4n) is 2.74. The minimum absolute atomic E-state index is 0.236. The van der Waals surface area contributed by atoms with Crippen molar-refractivity contribution in [3.8, 4) is 0 Å². The van der Waals surface area contributed by atoms with Gasteiger partial charge in [0.1, 0.15) is 0 Å². The maximum Gasteiger partial charge on any atom is 0.250 e. The predicted octanol–water partition coefficient (Wildman–Crippen LogP) is 2.00. The molecule has 1 saturated heterocycles. The molecule has 1 amide bonds. The van der Waals surface area contributed by atoms with Gasteiger partial charge < -0.3 is 16.4 Å². The van der Waals surface area contributed by atoms with Gasteiger partial charge >= 0.3 is 0 Å². The molecule has 2 atom stereocenters. The van der Waals surface area contributed by atoms with Crippen LogP contribution in [-0.4, -0.2) is 25.0 Å². The first-order valence-corrected chi connectivity index (χ1v) is 6.96. The smallest absolute Gasteiger partial charge is 0.250 e. The van der Waals surface area contributed by atoms with Crippen LogP contribution < -0.4 is 16.4 Å². The van der Waals surface area contributed by atoms with Crippen molar-refractivity contribution in [2.45, 2.75) is 25.8 Å². The normalized spacial score (nSPS) is 23.4. The molecule has 0 radical (unpaired) electrons. The van der Waals surface area contributed by atoms with E-state index in [9.17, 15) is 4.79 Å². The number of rotatable bonds is 3. The first-order chi connectivity index (χ1) is 9.02. The molecule has 0 aromatic heterocycles. The van der Waals surface area contributed by atoms with Crippen molar-refractivity contribution in [2.75, 3.05) is 18.0 Å². The van der Waals surface area contributed by atoms with Crippen LogP contribution in [0.15, 0.2) is 18.2 Å². The summed E-state index contributed by atoms with van der Waals surface area (Å²) in [6.07, 6.45) is 2.11. The second-order valence-electron chi connectivity index (χ2n) is 5.24. The van der Waals surface area contributed by atoms with Crippen molar-refractivity contribution < 1.29 is 4.79 Å². The van der Waals surface area contributed by atoms with Crippen molar-refractivity contribution in [1.82, 2.24) is 0 Å². The molecule has 0 bridgehead atoms. The monoisotopic (exact) mass is 281 g/mol. The summed E-state index contributed by atoms with van der Waals surface area (Å²) in [4.78, 5) is 13.7. The highest BCUT2D eigenvalue weighted by atomic mass is 35.5. The van der Waals surface area contributed by atoms with Crippen LogP contribution in [0.25, 0.3) is 0 Å². The van der Waals surface area contributed by atoms with Gasteiger partial charge in [-0.1, -0.05) is 18.5 Å². The summed E-state index contributed by atoms with van der Waals surface area (Å²) >= 11 is 6.05. The third kappa shape index (κ3) is 3.01. The van der Waals surface area contributed by atoms with Crippen molar-refractivity contribution in [3.05, 3.63) is 28.8 Å². The fraction of sp³-hybridized carbons (Fsp3) is 0.500. The van der Waals surface area contributed by atoms with E-state index in [-0.39, 0.29) is 6.04 Å². The number of nitrogens with zero attached hydrogens (tertiary/aromatic N) is 1. The lowest BCUT2D eigenvalue weighted by molar-refractivity contribution is 0.100. The maximum absolute atomic E-state index is 11.6. The highest BCUT2D eigenvalue weighted by molar-refractivity contribution is 6.31. The van der Waals surface area contributed by atoms with Crippen molar-refractivity contribution in [2.24, 2.45) is 17.4 Å². The molecule has 0 saturated carbocycles. The molecule has 1 aliphatic rings. The van der Waals surface area contributed by atoms with Crippen LogP contribution in [-0.2, 0) is 0 Å². The molecule has 1 heterocycles. The van der Waals surface area contributed by atoms with Crippen molar-refractivity contribution >= 4 is 23.2 Å². The molecule has 5 heteroatoms. The van der Waals surface area contributed by atoms with Crippen LogP contribution in [0.2, 0.25) is 5.02 Å². The number of nitrogens with two attached hydrogens (primary N) is 2. The largest absolute Gasteiger partial charge is 0.367 e. The van der Waals surface area contributed by atoms with Crippen LogP contribution in [0.3, 0.4) is 0 Å². The van der Waals surface area contributed by atoms with Gasteiger partial charge in [-0.05, 0) is 37.0 Å². The molecular formula is C14H20ClN3O. The average molecular weight is 282 g/mol. The van der Waals surface area contributed by atoms with Gasteiger partial charge in [0.25, 0.3) is 5.91 Å². The second-order valence-corrected chi connectivity index (χ2v) is 5.67. The molecule has 0 aliphatic carbocycles. The van der Waals surface area contributed by atoms with E-state index >= 15 is 0 Å². The third-order valence-electron chi connectivity index (χ3n) is 3.78. The van der Waals surface area contributed by atoms with Gasteiger partial charge in [0, 0.05) is 24.2 Å². The zero-order valence-corrected chi connectivity index (χ0v) is 11.9. The Morgan fingerprint density at radius 3 is 2.89 bits per heavy atom. The number of hydrogen-bond acceptors (Lipinski definition) is 3. The minimum Gasteiger partial charge on any atom is -0.367 e. The number of benzene rings is 1. The van der Waals surface area contributed by atoms with Gasteiger partial charge in [0.15, 0.2) is 0 Å². The summed E-state index contributed by atoms with van der Waals surface area (Å²) in [7, 11) is 0. The van der Waals surface area contributed by atoms with Gasteiger partial charge in [-0.25, -0.2) is 0 Å². The Hall–Kier alpha value is -1.26. The number of amides is 1. The van der Waals surface area contributed by atoms with Gasteiger partial charge in [0.05, 0.1) is 11.3 Å². The van der Waals surface area contributed by atoms with Gasteiger partial charge in [-0.3, -0.25) is 4.79 Å². The lowest BCUT2D eigenvalue weighted by Gasteiger charge is -2.40. The lowest BCUT2D eigenvalue weighted by atomic mass is 9.91. The maximum atomic E-state index is 11.6. The highest BCUT2D eigenvalue weighted by Crippen LogP contribution is 2.31. The fourth-order valence-corrected chi connectivity index (χ4v) is 2.91. The first kappa shape index (κ1) is 14.2. The summed E-state index contributed by atoms with van der Waals surface area (Å²) < 4.78 is 0. The number of piperidine rings is 1. The second kappa shape index (κ2) is 5.80. The van der Waals surface area contributed by atoms with Crippen molar-refractivity contribution in [1.29, 1.82) is 0 Å². The number of carbonyl (C=O) groups is 1. The third-order valence-corrected chi connectivity index (χ3v) is 4.02. The van der Waals surface area contributed by atoms with E-state index in [2.05, 4.69) is 11.8 Å². The van der Waals surface area contributed by atoms with Crippen LogP contribution in [0, 0.1) is 5.92 Å². The molecule has 1 aromatic rings. The van der Waals surface area contributed by atoms with E-state index in [1.807, 2.05) is 0 Å². The number of anilines is 1. The first-order valence-electron chi connectivity index (χ1n) is 6.59. The number of hydrogen-bond donors (Lipinski definition) is 2. The van der Waals surface area contributed by atoms with Crippen LogP contribution >= 0.6 is 11.6 Å². The van der Waals surface area contributed by atoms with E-state index in [0.29, 0.717) is 23.0 Å². The summed E-state index contributed by atoms with van der Waals surface area (Å²) in [5.41, 5.74) is 12.6. The summed E-state index contributed by atoms with van der Waals surface area (Å²) in [6, 6.07) is 5.42. The predicted molar refractivity (Wildman–Crippen MR) is 78.6 cm³/mol. The average Bonchev–Trinajstić information content (AvgIpc) is 2.38. The SMILES string of the molecule is CC1CCN(c2cc(Cl)ccc2C(N)=O)C(CN)C1. The molecule has 1 aromatic carbocycles. The van der Waals surface area contributed by atoms with Crippen LogP contribution in [0.4, 0.5) is 5.69 Å². The van der Waals surface area contributed by atoms with E-state index in [0.717, 1.165) is 25.1 Å². The highest BCUT2D eigenvalue weighted by Gasteiger charge is 2.27. The zero-order valence-electron chi connectivity index (χ0n) is 11.1. The van der Waals surface area contributed by atoms with Crippen molar-refractivity contribution in [3.63, 3.8) is 0 Å². The molecule has 4 nitrogen and oxygen atoms in total. The minimum atomic E-state index is -0.430. The van der Waals surface area contributed by atoms with Gasteiger partial charge in [0.2, 0.25) is 0 Å². The summed E-state index contributed by atoms with van der Waals surface area (Å²) in [5, 5.41) is 0.606.